The first-order valence-electron chi connectivity index (χ1n) is 6.35. The highest BCUT2D eigenvalue weighted by Crippen LogP contribution is 2.19. The van der Waals surface area contributed by atoms with E-state index in [0.717, 1.165) is 5.56 Å². The molecule has 2 heterocycles. The minimum absolute atomic E-state index is 0.242. The predicted octanol–water partition coefficient (Wildman–Crippen LogP) is 2.19. The van der Waals surface area contributed by atoms with Gasteiger partial charge >= 0.3 is 5.97 Å². The summed E-state index contributed by atoms with van der Waals surface area (Å²) >= 11 is 0. The molecule has 0 aliphatic carbocycles. The minimum atomic E-state index is -0.963. The number of hydrogen-bond acceptors (Lipinski definition) is 4. The van der Waals surface area contributed by atoms with Crippen LogP contribution in [0.25, 0.3) is 11.0 Å². The fraction of sp³-hybridized carbons (Fsp3) is 0.133. The highest BCUT2D eigenvalue weighted by Gasteiger charge is 2.13. The van der Waals surface area contributed by atoms with Gasteiger partial charge in [0.05, 0.1) is 36.6 Å². The molecule has 0 atom stereocenters. The third-order valence-electron chi connectivity index (χ3n) is 3.23. The Hall–Kier alpha value is -2.89. The molecule has 0 radical (unpaired) electrons. The van der Waals surface area contributed by atoms with Crippen molar-refractivity contribution in [2.75, 3.05) is 7.11 Å². The average molecular weight is 283 g/mol. The summed E-state index contributed by atoms with van der Waals surface area (Å²) in [5, 5.41) is 9.29. The lowest BCUT2D eigenvalue weighted by molar-refractivity contribution is 0.0698. The molecule has 3 aromatic rings. The number of methoxy groups -OCH3 is 1. The first kappa shape index (κ1) is 13.1. The Bertz CT molecular complexity index is 794. The molecule has 0 fully saturated rings. The van der Waals surface area contributed by atoms with E-state index in [-0.39, 0.29) is 5.56 Å². The molecule has 1 N–H and O–H groups in total. The first-order valence-corrected chi connectivity index (χ1v) is 6.35. The molecule has 0 saturated heterocycles. The molecule has 0 saturated carbocycles. The predicted molar refractivity (Wildman–Crippen MR) is 76.6 cm³/mol. The minimum Gasteiger partial charge on any atom is -0.481 e. The third-order valence-corrected chi connectivity index (χ3v) is 3.23. The van der Waals surface area contributed by atoms with E-state index >= 15 is 0 Å². The zero-order valence-electron chi connectivity index (χ0n) is 11.4. The summed E-state index contributed by atoms with van der Waals surface area (Å²) in [5.74, 6) is -0.421. The molecular formula is C15H13N3O3. The zero-order chi connectivity index (χ0) is 14.8. The standard InChI is InChI=1S/C15H13N3O3/c1-21-13-6-5-10(7-16-13)8-18-9-17-12-4-2-3-11(14(12)18)15(19)20/h2-7,9H,8H2,1H3,(H,19,20). The van der Waals surface area contributed by atoms with Crippen LogP contribution in [0.3, 0.4) is 0 Å². The van der Waals surface area contributed by atoms with Crippen LogP contribution in [0.1, 0.15) is 15.9 Å². The number of carbonyl (C=O) groups is 1. The molecule has 6 heteroatoms. The second kappa shape index (κ2) is 5.24. The molecule has 0 aliphatic heterocycles. The van der Waals surface area contributed by atoms with Crippen molar-refractivity contribution >= 4 is 17.0 Å². The van der Waals surface area contributed by atoms with Crippen LogP contribution in [0.5, 0.6) is 5.88 Å². The van der Waals surface area contributed by atoms with Crippen LogP contribution in [0, 0.1) is 0 Å². The molecule has 0 bridgehead atoms. The van der Waals surface area contributed by atoms with E-state index < -0.39 is 5.97 Å². The number of para-hydroxylation sites is 1. The van der Waals surface area contributed by atoms with Crippen LogP contribution in [-0.2, 0) is 6.54 Å². The summed E-state index contributed by atoms with van der Waals surface area (Å²) in [5.41, 5.74) is 2.46. The van der Waals surface area contributed by atoms with E-state index in [1.807, 2.05) is 10.6 Å². The number of benzene rings is 1. The summed E-state index contributed by atoms with van der Waals surface area (Å²) in [4.78, 5) is 19.7. The highest BCUT2D eigenvalue weighted by molar-refractivity contribution is 6.01. The topological polar surface area (TPSA) is 77.2 Å². The van der Waals surface area contributed by atoms with Crippen LogP contribution >= 0.6 is 0 Å². The van der Waals surface area contributed by atoms with Gasteiger partial charge in [0.15, 0.2) is 0 Å². The molecule has 1 aromatic carbocycles. The third kappa shape index (κ3) is 2.43. The largest absolute Gasteiger partial charge is 0.481 e. The lowest BCUT2D eigenvalue weighted by Crippen LogP contribution is -2.04. The van der Waals surface area contributed by atoms with Crippen molar-refractivity contribution in [2.24, 2.45) is 0 Å². The van der Waals surface area contributed by atoms with Crippen molar-refractivity contribution in [2.45, 2.75) is 6.54 Å². The van der Waals surface area contributed by atoms with Crippen LogP contribution in [-0.4, -0.2) is 32.7 Å². The van der Waals surface area contributed by atoms with E-state index in [9.17, 15) is 9.90 Å². The van der Waals surface area contributed by atoms with E-state index in [2.05, 4.69) is 9.97 Å². The van der Waals surface area contributed by atoms with Gasteiger partial charge in [0.1, 0.15) is 0 Å². The van der Waals surface area contributed by atoms with Gasteiger partial charge < -0.3 is 14.4 Å². The maximum Gasteiger partial charge on any atom is 0.337 e. The quantitative estimate of drug-likeness (QED) is 0.794. The van der Waals surface area contributed by atoms with Crippen LogP contribution in [0.4, 0.5) is 0 Å². The number of pyridine rings is 1. The summed E-state index contributed by atoms with van der Waals surface area (Å²) < 4.78 is 6.83. The summed E-state index contributed by atoms with van der Waals surface area (Å²) in [6.45, 7) is 0.498. The van der Waals surface area contributed by atoms with Gasteiger partial charge in [-0.25, -0.2) is 14.8 Å². The highest BCUT2D eigenvalue weighted by atomic mass is 16.5. The van der Waals surface area contributed by atoms with Gasteiger partial charge in [-0.1, -0.05) is 12.1 Å². The normalized spacial score (nSPS) is 10.7. The van der Waals surface area contributed by atoms with E-state index in [0.29, 0.717) is 23.5 Å². The smallest absolute Gasteiger partial charge is 0.337 e. The molecule has 0 spiro atoms. The van der Waals surface area contributed by atoms with Crippen molar-refractivity contribution < 1.29 is 14.6 Å². The summed E-state index contributed by atoms with van der Waals surface area (Å²) in [6.07, 6.45) is 3.34. The summed E-state index contributed by atoms with van der Waals surface area (Å²) in [6, 6.07) is 8.73. The number of carboxylic acid groups (broad SMARTS) is 1. The fourth-order valence-electron chi connectivity index (χ4n) is 2.24. The second-order valence-electron chi connectivity index (χ2n) is 4.56. The molecule has 3 rings (SSSR count). The molecule has 2 aromatic heterocycles. The van der Waals surface area contributed by atoms with E-state index in [1.54, 1.807) is 43.9 Å². The number of imidazole rings is 1. The monoisotopic (exact) mass is 283 g/mol. The maximum absolute atomic E-state index is 11.3. The fourth-order valence-corrected chi connectivity index (χ4v) is 2.24. The first-order chi connectivity index (χ1) is 10.2. The molecule has 6 nitrogen and oxygen atoms in total. The number of carboxylic acids is 1. The molecule has 0 amide bonds. The molecule has 21 heavy (non-hydrogen) atoms. The Morgan fingerprint density at radius 2 is 2.14 bits per heavy atom. The molecule has 0 aliphatic rings. The van der Waals surface area contributed by atoms with Gasteiger partial charge in [0, 0.05) is 12.3 Å². The van der Waals surface area contributed by atoms with Gasteiger partial charge in [0.25, 0.3) is 0 Å². The van der Waals surface area contributed by atoms with Crippen LogP contribution in [0.15, 0.2) is 42.9 Å². The molecular weight excluding hydrogens is 270 g/mol. The van der Waals surface area contributed by atoms with Gasteiger partial charge in [-0.2, -0.15) is 0 Å². The number of aromatic nitrogens is 3. The zero-order valence-corrected chi connectivity index (χ0v) is 11.4. The number of fused-ring (bicyclic) bond motifs is 1. The van der Waals surface area contributed by atoms with Crippen molar-refractivity contribution in [3.05, 3.63) is 54.0 Å². The second-order valence-corrected chi connectivity index (χ2v) is 4.56. The molecule has 0 unspecified atom stereocenters. The van der Waals surface area contributed by atoms with E-state index in [4.69, 9.17) is 4.74 Å². The summed E-state index contributed by atoms with van der Waals surface area (Å²) in [7, 11) is 1.56. The van der Waals surface area contributed by atoms with Crippen molar-refractivity contribution in [3.8, 4) is 5.88 Å². The van der Waals surface area contributed by atoms with Gasteiger partial charge in [0.2, 0.25) is 5.88 Å². The van der Waals surface area contributed by atoms with Crippen LogP contribution < -0.4 is 4.74 Å². The number of aromatic carboxylic acids is 1. The number of ether oxygens (including phenoxy) is 1. The molecule has 106 valence electrons. The number of nitrogens with zero attached hydrogens (tertiary/aromatic N) is 3. The Balaban J connectivity index is 2.02. The van der Waals surface area contributed by atoms with Crippen LogP contribution in [0.2, 0.25) is 0 Å². The van der Waals surface area contributed by atoms with Crippen molar-refractivity contribution in [1.82, 2.24) is 14.5 Å². The van der Waals surface area contributed by atoms with Crippen molar-refractivity contribution in [1.29, 1.82) is 0 Å². The Morgan fingerprint density at radius 1 is 1.29 bits per heavy atom. The SMILES string of the molecule is COc1ccc(Cn2cnc3cccc(C(=O)O)c32)cn1. The lowest BCUT2D eigenvalue weighted by Gasteiger charge is -2.07. The van der Waals surface area contributed by atoms with Gasteiger partial charge in [-0.15, -0.1) is 0 Å². The maximum atomic E-state index is 11.3. The van der Waals surface area contributed by atoms with E-state index in [1.165, 1.54) is 0 Å². The number of hydrogen-bond donors (Lipinski definition) is 1. The Labute approximate surface area is 120 Å². The Kier molecular flexibility index (Phi) is 3.27. The van der Waals surface area contributed by atoms with Crippen molar-refractivity contribution in [3.63, 3.8) is 0 Å². The van der Waals surface area contributed by atoms with Gasteiger partial charge in [-0.05, 0) is 17.7 Å². The Morgan fingerprint density at radius 3 is 2.81 bits per heavy atom. The lowest BCUT2D eigenvalue weighted by atomic mass is 10.2. The number of rotatable bonds is 4. The van der Waals surface area contributed by atoms with Gasteiger partial charge in [-0.3, -0.25) is 0 Å². The average Bonchev–Trinajstić information content (AvgIpc) is 2.91.